The van der Waals surface area contributed by atoms with Crippen molar-refractivity contribution in [1.29, 1.82) is 0 Å². The molecule has 0 saturated heterocycles. The summed E-state index contributed by atoms with van der Waals surface area (Å²) in [6.07, 6.45) is 2.69. The van der Waals surface area contributed by atoms with Crippen molar-refractivity contribution < 1.29 is 9.59 Å². The van der Waals surface area contributed by atoms with Crippen molar-refractivity contribution >= 4 is 23.2 Å². The van der Waals surface area contributed by atoms with Gasteiger partial charge in [-0.25, -0.2) is 4.98 Å². The summed E-state index contributed by atoms with van der Waals surface area (Å²) in [7, 11) is 0. The Labute approximate surface area is 155 Å². The van der Waals surface area contributed by atoms with Crippen LogP contribution in [-0.4, -0.2) is 21.8 Å². The summed E-state index contributed by atoms with van der Waals surface area (Å²) in [4.78, 5) is 32.7. The molecule has 0 radical (unpaired) electrons. The number of nitrogens with one attached hydrogen (secondary N) is 2. The van der Waals surface area contributed by atoms with E-state index in [0.717, 1.165) is 22.7 Å². The summed E-state index contributed by atoms with van der Waals surface area (Å²) < 4.78 is 0. The Bertz CT molecular complexity index is 891. The fraction of sp³-hybridized carbons (Fsp3) is 0.158. The van der Waals surface area contributed by atoms with E-state index in [-0.39, 0.29) is 18.2 Å². The van der Waals surface area contributed by atoms with Gasteiger partial charge in [0.05, 0.1) is 17.8 Å². The van der Waals surface area contributed by atoms with E-state index in [9.17, 15) is 9.59 Å². The van der Waals surface area contributed by atoms with Crippen LogP contribution >= 0.6 is 11.3 Å². The summed E-state index contributed by atoms with van der Waals surface area (Å²) in [5, 5.41) is 2.57. The molecule has 0 aliphatic carbocycles. The van der Waals surface area contributed by atoms with E-state index in [1.165, 1.54) is 11.3 Å². The van der Waals surface area contributed by atoms with Gasteiger partial charge in [0, 0.05) is 17.1 Å². The van der Waals surface area contributed by atoms with E-state index < -0.39 is 0 Å². The van der Waals surface area contributed by atoms with Gasteiger partial charge in [-0.1, -0.05) is 25.1 Å². The number of rotatable bonds is 5. The zero-order valence-corrected chi connectivity index (χ0v) is 15.0. The van der Waals surface area contributed by atoms with Crippen LogP contribution < -0.4 is 10.9 Å². The molecule has 0 aliphatic rings. The van der Waals surface area contributed by atoms with Gasteiger partial charge in [0.15, 0.2) is 0 Å². The molecule has 0 spiro atoms. The van der Waals surface area contributed by atoms with E-state index >= 15 is 0 Å². The number of carbonyl (C=O) groups excluding carboxylic acids is 2. The highest BCUT2D eigenvalue weighted by atomic mass is 32.1. The van der Waals surface area contributed by atoms with Crippen LogP contribution in [-0.2, 0) is 17.6 Å². The summed E-state index contributed by atoms with van der Waals surface area (Å²) in [5.41, 5.74) is 7.89. The SMILES string of the molecule is CCc1ccc(C(=O)NNC(=O)Cc2csc(-c3ccccn3)n2)cc1. The topological polar surface area (TPSA) is 84.0 Å². The van der Waals surface area contributed by atoms with Crippen molar-refractivity contribution in [2.75, 3.05) is 0 Å². The van der Waals surface area contributed by atoms with E-state index in [1.807, 2.05) is 42.6 Å². The predicted octanol–water partition coefficient (Wildman–Crippen LogP) is 2.77. The number of carbonyl (C=O) groups is 2. The van der Waals surface area contributed by atoms with Gasteiger partial charge in [-0.05, 0) is 36.2 Å². The van der Waals surface area contributed by atoms with Crippen LogP contribution in [0.15, 0.2) is 54.0 Å². The minimum absolute atomic E-state index is 0.0817. The van der Waals surface area contributed by atoms with Crippen molar-refractivity contribution in [2.45, 2.75) is 19.8 Å². The number of hydrazine groups is 1. The molecule has 0 atom stereocenters. The Morgan fingerprint density at radius 1 is 1.08 bits per heavy atom. The average molecular weight is 366 g/mol. The van der Waals surface area contributed by atoms with Gasteiger partial charge in [0.2, 0.25) is 5.91 Å². The lowest BCUT2D eigenvalue weighted by Crippen LogP contribution is -2.42. The second-order valence-corrected chi connectivity index (χ2v) is 6.45. The van der Waals surface area contributed by atoms with Crippen molar-refractivity contribution in [3.05, 3.63) is 70.9 Å². The van der Waals surface area contributed by atoms with Gasteiger partial charge in [-0.3, -0.25) is 25.4 Å². The minimum atomic E-state index is -0.353. The fourth-order valence-electron chi connectivity index (χ4n) is 2.29. The van der Waals surface area contributed by atoms with Crippen LogP contribution in [0.25, 0.3) is 10.7 Å². The molecule has 0 aliphatic heterocycles. The van der Waals surface area contributed by atoms with Crippen molar-refractivity contribution in [3.8, 4) is 10.7 Å². The minimum Gasteiger partial charge on any atom is -0.273 e. The van der Waals surface area contributed by atoms with E-state index in [2.05, 4.69) is 20.8 Å². The maximum atomic E-state index is 12.0. The Balaban J connectivity index is 1.52. The number of pyridine rings is 1. The zero-order valence-electron chi connectivity index (χ0n) is 14.2. The first-order valence-corrected chi connectivity index (χ1v) is 9.07. The number of benzene rings is 1. The highest BCUT2D eigenvalue weighted by molar-refractivity contribution is 7.13. The summed E-state index contributed by atoms with van der Waals surface area (Å²) >= 11 is 1.43. The molecule has 0 bridgehead atoms. The summed E-state index contributed by atoms with van der Waals surface area (Å²) in [5.74, 6) is -0.685. The molecule has 2 heterocycles. The lowest BCUT2D eigenvalue weighted by Gasteiger charge is -2.07. The van der Waals surface area contributed by atoms with Crippen LogP contribution in [0.4, 0.5) is 0 Å². The molecule has 2 N–H and O–H groups in total. The van der Waals surface area contributed by atoms with Crippen LogP contribution in [0.3, 0.4) is 0 Å². The highest BCUT2D eigenvalue weighted by Gasteiger charge is 2.11. The number of nitrogens with zero attached hydrogens (tertiary/aromatic N) is 2. The van der Waals surface area contributed by atoms with E-state index in [0.29, 0.717) is 11.3 Å². The van der Waals surface area contributed by atoms with Gasteiger partial charge in [-0.2, -0.15) is 0 Å². The van der Waals surface area contributed by atoms with Crippen LogP contribution in [0.2, 0.25) is 0 Å². The Morgan fingerprint density at radius 3 is 2.58 bits per heavy atom. The van der Waals surface area contributed by atoms with E-state index in [1.54, 1.807) is 18.3 Å². The molecule has 0 saturated carbocycles. The number of aryl methyl sites for hydroxylation is 1. The number of hydrogen-bond acceptors (Lipinski definition) is 5. The first-order valence-electron chi connectivity index (χ1n) is 8.19. The Hall–Kier alpha value is -3.06. The van der Waals surface area contributed by atoms with Gasteiger partial charge < -0.3 is 0 Å². The van der Waals surface area contributed by atoms with Crippen LogP contribution in [0.5, 0.6) is 0 Å². The van der Waals surface area contributed by atoms with E-state index in [4.69, 9.17) is 0 Å². The quantitative estimate of drug-likeness (QED) is 0.680. The summed E-state index contributed by atoms with van der Waals surface area (Å²) in [6.45, 7) is 2.05. The largest absolute Gasteiger partial charge is 0.273 e. The molecule has 3 aromatic rings. The standard InChI is InChI=1S/C19H18N4O2S/c1-2-13-6-8-14(9-7-13)18(25)23-22-17(24)11-15-12-26-19(21-15)16-5-3-4-10-20-16/h3-10,12H,2,11H2,1H3,(H,22,24)(H,23,25). The molecule has 0 fully saturated rings. The third-order valence-corrected chi connectivity index (χ3v) is 4.63. The predicted molar refractivity (Wildman–Crippen MR) is 100 cm³/mol. The second-order valence-electron chi connectivity index (χ2n) is 5.59. The van der Waals surface area contributed by atoms with Crippen molar-refractivity contribution in [2.24, 2.45) is 0 Å². The Kier molecular flexibility index (Phi) is 5.70. The van der Waals surface area contributed by atoms with Crippen molar-refractivity contribution in [3.63, 3.8) is 0 Å². The molecule has 7 heteroatoms. The third kappa shape index (κ3) is 4.52. The van der Waals surface area contributed by atoms with Gasteiger partial charge >= 0.3 is 0 Å². The highest BCUT2D eigenvalue weighted by Crippen LogP contribution is 2.21. The summed E-state index contributed by atoms with van der Waals surface area (Å²) in [6, 6.07) is 12.9. The molecule has 6 nitrogen and oxygen atoms in total. The molecule has 132 valence electrons. The molecule has 3 rings (SSSR count). The van der Waals surface area contributed by atoms with Crippen LogP contribution in [0.1, 0.15) is 28.5 Å². The smallest absolute Gasteiger partial charge is 0.269 e. The van der Waals surface area contributed by atoms with Gasteiger partial charge in [-0.15, -0.1) is 11.3 Å². The maximum absolute atomic E-state index is 12.0. The van der Waals surface area contributed by atoms with Crippen LogP contribution in [0, 0.1) is 0 Å². The van der Waals surface area contributed by atoms with Gasteiger partial charge in [0.1, 0.15) is 5.01 Å². The first-order chi connectivity index (χ1) is 12.7. The molecule has 0 unspecified atom stereocenters. The number of aromatic nitrogens is 2. The third-order valence-electron chi connectivity index (χ3n) is 3.72. The lowest BCUT2D eigenvalue weighted by molar-refractivity contribution is -0.121. The zero-order chi connectivity index (χ0) is 18.4. The lowest BCUT2D eigenvalue weighted by atomic mass is 10.1. The average Bonchev–Trinajstić information content (AvgIpc) is 3.15. The number of thiazole rings is 1. The molecule has 2 amide bonds. The number of amides is 2. The fourth-order valence-corrected chi connectivity index (χ4v) is 3.09. The molecule has 1 aromatic carbocycles. The molecular weight excluding hydrogens is 348 g/mol. The number of hydrogen-bond donors (Lipinski definition) is 2. The normalized spacial score (nSPS) is 10.3. The molecule has 2 aromatic heterocycles. The monoisotopic (exact) mass is 366 g/mol. The van der Waals surface area contributed by atoms with Crippen molar-refractivity contribution in [1.82, 2.24) is 20.8 Å². The first kappa shape index (κ1) is 17.8. The second kappa shape index (κ2) is 8.35. The van der Waals surface area contributed by atoms with Gasteiger partial charge in [0.25, 0.3) is 5.91 Å². The maximum Gasteiger partial charge on any atom is 0.269 e. The molecule has 26 heavy (non-hydrogen) atoms. The Morgan fingerprint density at radius 2 is 1.88 bits per heavy atom. The molecular formula is C19H18N4O2S.